The van der Waals surface area contributed by atoms with Gasteiger partial charge >= 0.3 is 5.97 Å². The Hall–Kier alpha value is -3.36. The molecule has 0 radical (unpaired) electrons. The Kier molecular flexibility index (Phi) is 7.50. The molecule has 0 aliphatic carbocycles. The molecule has 0 aliphatic heterocycles. The smallest absolute Gasteiger partial charge is 0.341 e. The van der Waals surface area contributed by atoms with Crippen molar-refractivity contribution in [2.45, 2.75) is 13.3 Å². The number of halogens is 1. The zero-order valence-corrected chi connectivity index (χ0v) is 19.2. The van der Waals surface area contributed by atoms with E-state index in [-0.39, 0.29) is 22.9 Å². The molecule has 1 heterocycles. The van der Waals surface area contributed by atoms with Gasteiger partial charge in [-0.15, -0.1) is 11.3 Å². The second kappa shape index (κ2) is 10.3. The van der Waals surface area contributed by atoms with Gasteiger partial charge in [0.2, 0.25) is 5.91 Å². The first-order chi connectivity index (χ1) is 15.3. The molecule has 9 heteroatoms. The summed E-state index contributed by atoms with van der Waals surface area (Å²) in [6, 6.07) is 13.7. The number of thiophene rings is 1. The molecule has 2 N–H and O–H groups in total. The van der Waals surface area contributed by atoms with E-state index < -0.39 is 11.9 Å². The van der Waals surface area contributed by atoms with Crippen molar-refractivity contribution >= 4 is 51.4 Å². The minimum absolute atomic E-state index is 0.0911. The molecule has 0 atom stereocenters. The Morgan fingerprint density at radius 2 is 1.62 bits per heavy atom. The van der Waals surface area contributed by atoms with Crippen LogP contribution in [0.1, 0.15) is 31.2 Å². The Morgan fingerprint density at radius 3 is 2.22 bits per heavy atom. The van der Waals surface area contributed by atoms with Crippen molar-refractivity contribution in [3.05, 3.63) is 75.1 Å². The van der Waals surface area contributed by atoms with Crippen molar-refractivity contribution in [3.8, 4) is 5.75 Å². The molecule has 0 saturated heterocycles. The first-order valence-electron chi connectivity index (χ1n) is 9.53. The van der Waals surface area contributed by atoms with E-state index in [0.717, 1.165) is 16.9 Å². The van der Waals surface area contributed by atoms with Gasteiger partial charge in [-0.25, -0.2) is 4.79 Å². The normalized spacial score (nSPS) is 10.4. The van der Waals surface area contributed by atoms with Crippen LogP contribution in [0.2, 0.25) is 5.02 Å². The molecule has 0 aliphatic rings. The molecule has 32 heavy (non-hydrogen) atoms. The fourth-order valence-corrected chi connectivity index (χ4v) is 4.22. The fraction of sp³-hybridized carbons (Fsp3) is 0.174. The summed E-state index contributed by atoms with van der Waals surface area (Å²) in [6.07, 6.45) is 0.0911. The molecule has 0 unspecified atom stereocenters. The largest absolute Gasteiger partial charge is 0.497 e. The van der Waals surface area contributed by atoms with E-state index in [2.05, 4.69) is 10.6 Å². The van der Waals surface area contributed by atoms with Crippen LogP contribution in [0, 0.1) is 6.92 Å². The summed E-state index contributed by atoms with van der Waals surface area (Å²) in [4.78, 5) is 38.1. The summed E-state index contributed by atoms with van der Waals surface area (Å²) < 4.78 is 9.98. The summed E-state index contributed by atoms with van der Waals surface area (Å²) in [5.41, 5.74) is 1.91. The highest BCUT2D eigenvalue weighted by Crippen LogP contribution is 2.34. The maximum atomic E-state index is 12.8. The summed E-state index contributed by atoms with van der Waals surface area (Å²) in [6.45, 7) is 1.64. The highest BCUT2D eigenvalue weighted by Gasteiger charge is 2.26. The summed E-state index contributed by atoms with van der Waals surface area (Å²) in [7, 11) is 2.81. The fourth-order valence-electron chi connectivity index (χ4n) is 2.99. The van der Waals surface area contributed by atoms with Gasteiger partial charge in [-0.05, 0) is 54.4 Å². The molecule has 0 saturated carbocycles. The molecule has 2 aromatic carbocycles. The molecule has 0 fully saturated rings. The van der Waals surface area contributed by atoms with Crippen molar-refractivity contribution in [2.75, 3.05) is 24.9 Å². The number of esters is 1. The number of hydrogen-bond acceptors (Lipinski definition) is 6. The van der Waals surface area contributed by atoms with Crippen LogP contribution < -0.4 is 15.4 Å². The average Bonchev–Trinajstić information content (AvgIpc) is 3.11. The maximum Gasteiger partial charge on any atom is 0.341 e. The van der Waals surface area contributed by atoms with Crippen molar-refractivity contribution in [3.63, 3.8) is 0 Å². The van der Waals surface area contributed by atoms with E-state index in [1.165, 1.54) is 7.11 Å². The van der Waals surface area contributed by atoms with Gasteiger partial charge in [0.25, 0.3) is 5.91 Å². The SMILES string of the molecule is COC(=O)c1c(NC(=O)Cc2ccc(OC)cc2)sc(C(=O)Nc2ccc(Cl)cc2)c1C. The lowest BCUT2D eigenvalue weighted by molar-refractivity contribution is -0.115. The number of carbonyl (C=O) groups is 3. The lowest BCUT2D eigenvalue weighted by Gasteiger charge is -2.07. The summed E-state index contributed by atoms with van der Waals surface area (Å²) >= 11 is 6.89. The maximum absolute atomic E-state index is 12.8. The van der Waals surface area contributed by atoms with Crippen molar-refractivity contribution in [1.82, 2.24) is 0 Å². The quantitative estimate of drug-likeness (QED) is 0.475. The van der Waals surface area contributed by atoms with Gasteiger partial charge in [0.05, 0.1) is 31.1 Å². The van der Waals surface area contributed by atoms with Gasteiger partial charge in [0.1, 0.15) is 10.8 Å². The topological polar surface area (TPSA) is 93.7 Å². The zero-order chi connectivity index (χ0) is 23.3. The molecular formula is C23H21ClN2O5S. The van der Waals surface area contributed by atoms with Gasteiger partial charge in [-0.2, -0.15) is 0 Å². The molecule has 1 aromatic heterocycles. The van der Waals surface area contributed by atoms with E-state index in [4.69, 9.17) is 21.1 Å². The zero-order valence-electron chi connectivity index (χ0n) is 17.7. The monoisotopic (exact) mass is 472 g/mol. The molecule has 2 amide bonds. The van der Waals surface area contributed by atoms with Crippen LogP contribution in [0.3, 0.4) is 0 Å². The van der Waals surface area contributed by atoms with Gasteiger partial charge in [-0.3, -0.25) is 9.59 Å². The third-order valence-electron chi connectivity index (χ3n) is 4.62. The van der Waals surface area contributed by atoms with Crippen molar-refractivity contribution in [2.24, 2.45) is 0 Å². The molecule has 7 nitrogen and oxygen atoms in total. The average molecular weight is 473 g/mol. The van der Waals surface area contributed by atoms with E-state index in [9.17, 15) is 14.4 Å². The van der Waals surface area contributed by atoms with Crippen molar-refractivity contribution < 1.29 is 23.9 Å². The predicted molar refractivity (Wildman–Crippen MR) is 125 cm³/mol. The van der Waals surface area contributed by atoms with Crippen LogP contribution in [0.5, 0.6) is 5.75 Å². The number of anilines is 2. The van der Waals surface area contributed by atoms with Crippen molar-refractivity contribution in [1.29, 1.82) is 0 Å². The number of rotatable bonds is 7. The van der Waals surface area contributed by atoms with Gasteiger partial charge in [0, 0.05) is 10.7 Å². The lowest BCUT2D eigenvalue weighted by atomic mass is 10.1. The third kappa shape index (κ3) is 5.46. The Bertz CT molecular complexity index is 1140. The summed E-state index contributed by atoms with van der Waals surface area (Å²) in [5.74, 6) is -0.682. The second-order valence-corrected chi connectivity index (χ2v) is 8.24. The van der Waals surface area contributed by atoms with E-state index in [1.807, 2.05) is 0 Å². The summed E-state index contributed by atoms with van der Waals surface area (Å²) in [5, 5.41) is 6.31. The van der Waals surface area contributed by atoms with Crippen LogP contribution >= 0.6 is 22.9 Å². The first kappa shape index (κ1) is 23.3. The minimum atomic E-state index is -0.635. The number of carbonyl (C=O) groups excluding carboxylic acids is 3. The van der Waals surface area contributed by atoms with Gasteiger partial charge in [0.15, 0.2) is 0 Å². The molecule has 3 rings (SSSR count). The van der Waals surface area contributed by atoms with E-state index in [1.54, 1.807) is 62.6 Å². The van der Waals surface area contributed by atoms with Crippen LogP contribution in [0.15, 0.2) is 48.5 Å². The molecule has 166 valence electrons. The number of amides is 2. The molecule has 0 bridgehead atoms. The number of nitrogens with one attached hydrogen (secondary N) is 2. The standard InChI is InChI=1S/C23H21ClN2O5S/c1-13-19(23(29)31-3)22(26-18(27)12-14-4-10-17(30-2)11-5-14)32-20(13)21(28)25-16-8-6-15(24)7-9-16/h4-11H,12H2,1-3H3,(H,25,28)(H,26,27). The lowest BCUT2D eigenvalue weighted by Crippen LogP contribution is -2.16. The highest BCUT2D eigenvalue weighted by atomic mass is 35.5. The van der Waals surface area contributed by atoms with Gasteiger partial charge in [-0.1, -0.05) is 23.7 Å². The highest BCUT2D eigenvalue weighted by molar-refractivity contribution is 7.18. The van der Waals surface area contributed by atoms with Crippen LogP contribution in [0.4, 0.5) is 10.7 Å². The number of hydrogen-bond donors (Lipinski definition) is 2. The third-order valence-corrected chi connectivity index (χ3v) is 6.08. The second-order valence-electron chi connectivity index (χ2n) is 6.79. The minimum Gasteiger partial charge on any atom is -0.497 e. The van der Waals surface area contributed by atoms with E-state index in [0.29, 0.717) is 26.9 Å². The van der Waals surface area contributed by atoms with E-state index >= 15 is 0 Å². The Labute approximate surface area is 194 Å². The number of methoxy groups -OCH3 is 2. The van der Waals surface area contributed by atoms with Crippen LogP contribution in [0.25, 0.3) is 0 Å². The molecule has 3 aromatic rings. The Balaban J connectivity index is 1.82. The first-order valence-corrected chi connectivity index (χ1v) is 10.7. The number of ether oxygens (including phenoxy) is 2. The molecular weight excluding hydrogens is 452 g/mol. The van der Waals surface area contributed by atoms with Crippen LogP contribution in [-0.2, 0) is 16.0 Å². The predicted octanol–water partition coefficient (Wildman–Crippen LogP) is 4.94. The Morgan fingerprint density at radius 1 is 0.969 bits per heavy atom. The molecule has 0 spiro atoms. The van der Waals surface area contributed by atoms with Gasteiger partial charge < -0.3 is 20.1 Å². The van der Waals surface area contributed by atoms with Crippen LogP contribution in [-0.4, -0.2) is 32.0 Å². The number of benzene rings is 2.